The Morgan fingerprint density at radius 1 is 1.47 bits per heavy atom. The van der Waals surface area contributed by atoms with E-state index in [1.54, 1.807) is 12.1 Å². The summed E-state index contributed by atoms with van der Waals surface area (Å²) < 4.78 is 22.9. The lowest BCUT2D eigenvalue weighted by molar-refractivity contribution is 0.0950. The molecule has 0 aromatic heterocycles. The van der Waals surface area contributed by atoms with Crippen molar-refractivity contribution in [2.75, 3.05) is 19.3 Å². The Hall–Kier alpha value is -1.40. The van der Waals surface area contributed by atoms with Crippen molar-refractivity contribution in [1.29, 1.82) is 0 Å². The van der Waals surface area contributed by atoms with Crippen molar-refractivity contribution in [3.8, 4) is 0 Å². The zero-order chi connectivity index (χ0) is 13.9. The SMILES string of the molecule is CS(=O)(=O)c1cccc(C(=O)NC[C@@H]2CCCN2)c1. The van der Waals surface area contributed by atoms with Gasteiger partial charge in [0, 0.05) is 24.4 Å². The maximum absolute atomic E-state index is 11.9. The van der Waals surface area contributed by atoms with Crippen LogP contribution in [0, 0.1) is 0 Å². The van der Waals surface area contributed by atoms with Gasteiger partial charge in [0.25, 0.3) is 5.91 Å². The lowest BCUT2D eigenvalue weighted by Crippen LogP contribution is -2.37. The van der Waals surface area contributed by atoms with Gasteiger partial charge >= 0.3 is 0 Å². The highest BCUT2D eigenvalue weighted by Gasteiger charge is 2.16. The van der Waals surface area contributed by atoms with Crippen LogP contribution in [0.4, 0.5) is 0 Å². The number of benzene rings is 1. The predicted molar refractivity (Wildman–Crippen MR) is 72.9 cm³/mol. The minimum atomic E-state index is -3.28. The summed E-state index contributed by atoms with van der Waals surface area (Å²) in [6, 6.07) is 6.42. The highest BCUT2D eigenvalue weighted by atomic mass is 32.2. The summed E-state index contributed by atoms with van der Waals surface area (Å²) in [4.78, 5) is 12.1. The third kappa shape index (κ3) is 3.78. The van der Waals surface area contributed by atoms with E-state index in [0.29, 0.717) is 18.2 Å². The molecule has 0 bridgehead atoms. The molecule has 1 aromatic rings. The Morgan fingerprint density at radius 2 is 2.26 bits per heavy atom. The molecule has 1 amide bonds. The van der Waals surface area contributed by atoms with Crippen LogP contribution in [0.25, 0.3) is 0 Å². The first-order valence-corrected chi connectivity index (χ1v) is 8.17. The highest BCUT2D eigenvalue weighted by Crippen LogP contribution is 2.11. The van der Waals surface area contributed by atoms with Crippen molar-refractivity contribution in [2.45, 2.75) is 23.8 Å². The zero-order valence-electron chi connectivity index (χ0n) is 10.8. The van der Waals surface area contributed by atoms with Gasteiger partial charge in [-0.05, 0) is 37.6 Å². The fraction of sp³-hybridized carbons (Fsp3) is 0.462. The molecule has 1 saturated heterocycles. The molecule has 2 N–H and O–H groups in total. The summed E-state index contributed by atoms with van der Waals surface area (Å²) in [6.45, 7) is 1.56. The maximum atomic E-state index is 11.9. The van der Waals surface area contributed by atoms with Gasteiger partial charge in [-0.15, -0.1) is 0 Å². The van der Waals surface area contributed by atoms with Crippen LogP contribution in [0.15, 0.2) is 29.2 Å². The van der Waals surface area contributed by atoms with Crippen LogP contribution in [0.2, 0.25) is 0 Å². The van der Waals surface area contributed by atoms with Crippen LogP contribution >= 0.6 is 0 Å². The molecule has 1 heterocycles. The number of sulfone groups is 1. The van der Waals surface area contributed by atoms with Gasteiger partial charge < -0.3 is 10.6 Å². The molecule has 1 aromatic carbocycles. The molecule has 0 saturated carbocycles. The Bertz CT molecular complexity index is 563. The Labute approximate surface area is 113 Å². The molecule has 0 spiro atoms. The van der Waals surface area contributed by atoms with E-state index in [2.05, 4.69) is 10.6 Å². The quantitative estimate of drug-likeness (QED) is 0.846. The third-order valence-corrected chi connectivity index (χ3v) is 4.31. The minimum Gasteiger partial charge on any atom is -0.350 e. The first-order chi connectivity index (χ1) is 8.97. The lowest BCUT2D eigenvalue weighted by Gasteiger charge is -2.11. The first-order valence-electron chi connectivity index (χ1n) is 6.28. The predicted octanol–water partition coefficient (Wildman–Crippen LogP) is 0.572. The van der Waals surface area contributed by atoms with Gasteiger partial charge in [0.1, 0.15) is 0 Å². The van der Waals surface area contributed by atoms with Gasteiger partial charge in [-0.25, -0.2) is 8.42 Å². The Balaban J connectivity index is 2.02. The van der Waals surface area contributed by atoms with Gasteiger partial charge in [0.15, 0.2) is 9.84 Å². The topological polar surface area (TPSA) is 75.3 Å². The average Bonchev–Trinajstić information content (AvgIpc) is 2.88. The molecule has 2 rings (SSSR count). The van der Waals surface area contributed by atoms with Gasteiger partial charge in [0.2, 0.25) is 0 Å². The van der Waals surface area contributed by atoms with Crippen molar-refractivity contribution in [3.05, 3.63) is 29.8 Å². The van der Waals surface area contributed by atoms with E-state index < -0.39 is 9.84 Å². The van der Waals surface area contributed by atoms with Crippen molar-refractivity contribution in [3.63, 3.8) is 0 Å². The molecule has 6 heteroatoms. The normalized spacial score (nSPS) is 19.3. The van der Waals surface area contributed by atoms with Gasteiger partial charge in [-0.1, -0.05) is 6.07 Å². The van der Waals surface area contributed by atoms with E-state index in [1.165, 1.54) is 12.1 Å². The summed E-state index contributed by atoms with van der Waals surface area (Å²) in [5.74, 6) is -0.237. The number of rotatable bonds is 4. The van der Waals surface area contributed by atoms with Crippen molar-refractivity contribution < 1.29 is 13.2 Å². The van der Waals surface area contributed by atoms with Crippen molar-refractivity contribution in [2.24, 2.45) is 0 Å². The fourth-order valence-electron chi connectivity index (χ4n) is 2.12. The summed E-state index contributed by atoms with van der Waals surface area (Å²) in [6.07, 6.45) is 3.32. The number of hydrogen-bond donors (Lipinski definition) is 2. The first kappa shape index (κ1) is 14.0. The Morgan fingerprint density at radius 3 is 2.89 bits per heavy atom. The largest absolute Gasteiger partial charge is 0.350 e. The van der Waals surface area contributed by atoms with Gasteiger partial charge in [-0.2, -0.15) is 0 Å². The Kier molecular flexibility index (Phi) is 4.21. The second kappa shape index (κ2) is 5.71. The number of amides is 1. The van der Waals surface area contributed by atoms with E-state index >= 15 is 0 Å². The average molecular weight is 282 g/mol. The fourth-order valence-corrected chi connectivity index (χ4v) is 2.78. The van der Waals surface area contributed by atoms with Crippen LogP contribution in [-0.4, -0.2) is 39.7 Å². The molecule has 1 aliphatic rings. The standard InChI is InChI=1S/C13H18N2O3S/c1-19(17,18)12-6-2-4-10(8-12)13(16)15-9-11-5-3-7-14-11/h2,4,6,8,11,14H,3,5,7,9H2,1H3,(H,15,16)/t11-/m0/s1. The molecule has 0 aliphatic carbocycles. The summed E-state index contributed by atoms with van der Waals surface area (Å²) >= 11 is 0. The molecule has 0 unspecified atom stereocenters. The van der Waals surface area contributed by atoms with Crippen LogP contribution in [0.3, 0.4) is 0 Å². The molecular formula is C13H18N2O3S. The van der Waals surface area contributed by atoms with Crippen molar-refractivity contribution >= 4 is 15.7 Å². The zero-order valence-corrected chi connectivity index (χ0v) is 11.7. The third-order valence-electron chi connectivity index (χ3n) is 3.20. The summed E-state index contributed by atoms with van der Waals surface area (Å²) in [5.41, 5.74) is 0.376. The summed E-state index contributed by atoms with van der Waals surface area (Å²) in [7, 11) is -3.28. The molecule has 104 valence electrons. The number of nitrogens with one attached hydrogen (secondary N) is 2. The molecular weight excluding hydrogens is 264 g/mol. The lowest BCUT2D eigenvalue weighted by atomic mass is 10.2. The molecule has 1 atom stereocenters. The second-order valence-corrected chi connectivity index (χ2v) is 6.82. The van der Waals surface area contributed by atoms with Crippen LogP contribution < -0.4 is 10.6 Å². The van der Waals surface area contributed by atoms with Crippen molar-refractivity contribution in [1.82, 2.24) is 10.6 Å². The molecule has 19 heavy (non-hydrogen) atoms. The summed E-state index contributed by atoms with van der Waals surface area (Å²) in [5, 5.41) is 6.11. The smallest absolute Gasteiger partial charge is 0.251 e. The second-order valence-electron chi connectivity index (χ2n) is 4.80. The van der Waals surface area contributed by atoms with Gasteiger partial charge in [-0.3, -0.25) is 4.79 Å². The van der Waals surface area contributed by atoms with E-state index in [0.717, 1.165) is 25.6 Å². The highest BCUT2D eigenvalue weighted by molar-refractivity contribution is 7.90. The van der Waals surface area contributed by atoms with E-state index in [4.69, 9.17) is 0 Å². The maximum Gasteiger partial charge on any atom is 0.251 e. The molecule has 1 aliphatic heterocycles. The van der Waals surface area contributed by atoms with Crippen LogP contribution in [0.5, 0.6) is 0 Å². The number of hydrogen-bond acceptors (Lipinski definition) is 4. The van der Waals surface area contributed by atoms with Crippen LogP contribution in [0.1, 0.15) is 23.2 Å². The monoisotopic (exact) mass is 282 g/mol. The number of carbonyl (C=O) groups is 1. The molecule has 5 nitrogen and oxygen atoms in total. The van der Waals surface area contributed by atoms with Gasteiger partial charge in [0.05, 0.1) is 4.90 Å². The van der Waals surface area contributed by atoms with E-state index in [9.17, 15) is 13.2 Å². The van der Waals surface area contributed by atoms with E-state index in [1.807, 2.05) is 0 Å². The molecule has 1 fully saturated rings. The minimum absolute atomic E-state index is 0.166. The van der Waals surface area contributed by atoms with Crippen LogP contribution in [-0.2, 0) is 9.84 Å². The number of carbonyl (C=O) groups excluding carboxylic acids is 1. The molecule has 0 radical (unpaired) electrons. The van der Waals surface area contributed by atoms with E-state index in [-0.39, 0.29) is 10.8 Å².